The predicted molar refractivity (Wildman–Crippen MR) is 60.9 cm³/mol. The lowest BCUT2D eigenvalue weighted by Gasteiger charge is -2.20. The Morgan fingerprint density at radius 2 is 1.94 bits per heavy atom. The number of aliphatic hydroxyl groups is 2. The minimum absolute atomic E-state index is 0.0404. The van der Waals surface area contributed by atoms with Gasteiger partial charge in [0.25, 0.3) is 0 Å². The first-order valence-electron chi connectivity index (χ1n) is 4.91. The highest BCUT2D eigenvalue weighted by molar-refractivity contribution is 6.18. The molecular weight excluding hydrogens is 273 g/mol. The van der Waals surface area contributed by atoms with Gasteiger partial charge in [0.2, 0.25) is 0 Å². The van der Waals surface area contributed by atoms with Gasteiger partial charge in [0.1, 0.15) is 6.10 Å². The maximum absolute atomic E-state index is 12.5. The Hall–Kier alpha value is -1.02. The van der Waals surface area contributed by atoms with Crippen LogP contribution in [0.4, 0.5) is 18.9 Å². The lowest BCUT2D eigenvalue weighted by molar-refractivity contribution is -0.137. The van der Waals surface area contributed by atoms with E-state index in [4.69, 9.17) is 17.4 Å². The van der Waals surface area contributed by atoms with Crippen LogP contribution in [0.25, 0.3) is 0 Å². The van der Waals surface area contributed by atoms with E-state index in [1.54, 1.807) is 0 Å². The second-order valence-corrected chi connectivity index (χ2v) is 3.92. The molecule has 0 aromatic heterocycles. The number of benzene rings is 1. The normalized spacial score (nSPS) is 15.3. The van der Waals surface area contributed by atoms with E-state index in [-0.39, 0.29) is 17.1 Å². The van der Waals surface area contributed by atoms with Crippen molar-refractivity contribution in [1.82, 2.24) is 0 Å². The molecule has 1 aromatic rings. The van der Waals surface area contributed by atoms with Crippen molar-refractivity contribution in [3.05, 3.63) is 29.3 Å². The summed E-state index contributed by atoms with van der Waals surface area (Å²) in [4.78, 5) is 0. The largest absolute Gasteiger partial charge is 0.416 e. The summed E-state index contributed by atoms with van der Waals surface area (Å²) in [6.45, 7) is 0. The highest BCUT2D eigenvalue weighted by atomic mass is 35.5. The summed E-state index contributed by atoms with van der Waals surface area (Å²) >= 11 is 5.35. The average molecular weight is 285 g/mol. The van der Waals surface area contributed by atoms with Crippen LogP contribution in [0, 0.1) is 0 Å². The molecule has 0 fully saturated rings. The molecule has 8 heteroatoms. The van der Waals surface area contributed by atoms with Crippen molar-refractivity contribution in [3.8, 4) is 0 Å². The van der Waals surface area contributed by atoms with Gasteiger partial charge in [0.15, 0.2) is 0 Å². The fourth-order valence-corrected chi connectivity index (χ4v) is 1.58. The third-order valence-corrected chi connectivity index (χ3v) is 2.69. The predicted octanol–water partition coefficient (Wildman–Crippen LogP) is 1.62. The van der Waals surface area contributed by atoms with E-state index in [0.29, 0.717) is 0 Å². The number of hydrogen-bond acceptors (Lipinski definition) is 4. The summed E-state index contributed by atoms with van der Waals surface area (Å²) in [5, 5.41) is 19.0. The zero-order valence-corrected chi connectivity index (χ0v) is 9.83. The summed E-state index contributed by atoms with van der Waals surface area (Å²) in [7, 11) is 0. The molecule has 18 heavy (non-hydrogen) atoms. The van der Waals surface area contributed by atoms with Crippen LogP contribution >= 0.6 is 11.6 Å². The average Bonchev–Trinajstić information content (AvgIpc) is 2.35. The van der Waals surface area contributed by atoms with E-state index in [9.17, 15) is 23.4 Å². The van der Waals surface area contributed by atoms with Crippen LogP contribution in [0.3, 0.4) is 0 Å². The van der Waals surface area contributed by atoms with E-state index in [2.05, 4.69) is 5.43 Å². The van der Waals surface area contributed by atoms with Gasteiger partial charge >= 0.3 is 6.18 Å². The molecule has 0 heterocycles. The Morgan fingerprint density at radius 1 is 1.33 bits per heavy atom. The van der Waals surface area contributed by atoms with Crippen LogP contribution in [0.15, 0.2) is 18.2 Å². The smallest absolute Gasteiger partial charge is 0.389 e. The van der Waals surface area contributed by atoms with Gasteiger partial charge in [-0.15, -0.1) is 11.6 Å². The van der Waals surface area contributed by atoms with Crippen molar-refractivity contribution >= 4 is 17.3 Å². The van der Waals surface area contributed by atoms with Gasteiger partial charge < -0.3 is 15.6 Å². The molecule has 0 aliphatic heterocycles. The minimum atomic E-state index is -4.51. The zero-order valence-electron chi connectivity index (χ0n) is 9.08. The van der Waals surface area contributed by atoms with Crippen LogP contribution in [-0.4, -0.2) is 22.2 Å². The monoisotopic (exact) mass is 284 g/mol. The molecule has 5 N–H and O–H groups in total. The first-order valence-corrected chi connectivity index (χ1v) is 5.44. The molecule has 102 valence electrons. The van der Waals surface area contributed by atoms with E-state index in [0.717, 1.165) is 18.2 Å². The lowest BCUT2D eigenvalue weighted by Crippen LogP contribution is -2.22. The van der Waals surface area contributed by atoms with E-state index >= 15 is 0 Å². The van der Waals surface area contributed by atoms with Crippen LogP contribution in [0.5, 0.6) is 0 Å². The number of halogens is 4. The number of nitrogens with one attached hydrogen (secondary N) is 1. The lowest BCUT2D eigenvalue weighted by atomic mass is 10.0. The number of aliphatic hydroxyl groups excluding tert-OH is 2. The molecule has 0 aliphatic carbocycles. The van der Waals surface area contributed by atoms with E-state index < -0.39 is 23.9 Å². The highest BCUT2D eigenvalue weighted by Gasteiger charge is 2.32. The first kappa shape index (κ1) is 15.0. The number of nitrogens with two attached hydrogens (primary N) is 1. The number of anilines is 1. The third-order valence-electron chi connectivity index (χ3n) is 2.38. The summed E-state index contributed by atoms with van der Waals surface area (Å²) in [6, 6.07) is 2.58. The summed E-state index contributed by atoms with van der Waals surface area (Å²) < 4.78 is 37.4. The van der Waals surface area contributed by atoms with Gasteiger partial charge in [-0.1, -0.05) is 6.07 Å². The molecule has 0 saturated carbocycles. The molecule has 0 amide bonds. The van der Waals surface area contributed by atoms with Crippen molar-refractivity contribution in [2.45, 2.75) is 18.4 Å². The van der Waals surface area contributed by atoms with Gasteiger partial charge in [-0.25, -0.2) is 0 Å². The van der Waals surface area contributed by atoms with Crippen LogP contribution < -0.4 is 11.3 Å². The molecule has 1 rings (SSSR count). The fraction of sp³-hybridized carbons (Fsp3) is 0.400. The second kappa shape index (κ2) is 5.75. The molecule has 2 atom stereocenters. The second-order valence-electron chi connectivity index (χ2n) is 3.61. The third kappa shape index (κ3) is 3.26. The molecule has 1 aromatic carbocycles. The standard InChI is InChI=1S/C10H12ClF3N2O2/c11-4-8(17)9(18)6-2-1-5(10(12,13)14)3-7(6)16-15/h1-3,8-9,16-18H,4,15H2. The van der Waals surface area contributed by atoms with E-state index in [1.165, 1.54) is 0 Å². The van der Waals surface area contributed by atoms with E-state index in [1.807, 2.05) is 0 Å². The SMILES string of the molecule is NNc1cc(C(F)(F)F)ccc1C(O)C(O)CCl. The maximum Gasteiger partial charge on any atom is 0.416 e. The molecule has 0 bridgehead atoms. The van der Waals surface area contributed by atoms with Crippen LogP contribution in [0.2, 0.25) is 0 Å². The molecular formula is C10H12ClF3N2O2. The quantitative estimate of drug-likeness (QED) is 0.385. The first-order chi connectivity index (χ1) is 8.31. The summed E-state index contributed by atoms with van der Waals surface area (Å²) in [5.74, 6) is 4.84. The Kier molecular flexibility index (Phi) is 4.80. The Bertz CT molecular complexity index is 415. The van der Waals surface area contributed by atoms with Gasteiger partial charge in [0.05, 0.1) is 23.2 Å². The molecule has 0 spiro atoms. The van der Waals surface area contributed by atoms with Gasteiger partial charge in [-0.05, 0) is 12.1 Å². The zero-order chi connectivity index (χ0) is 13.9. The minimum Gasteiger partial charge on any atom is -0.389 e. The molecule has 0 aliphatic rings. The van der Waals surface area contributed by atoms with Gasteiger partial charge in [-0.2, -0.15) is 13.2 Å². The number of hydrazine groups is 1. The topological polar surface area (TPSA) is 78.5 Å². The number of alkyl halides is 4. The van der Waals surface area contributed by atoms with Crippen molar-refractivity contribution in [2.24, 2.45) is 5.84 Å². The van der Waals surface area contributed by atoms with Crippen molar-refractivity contribution in [3.63, 3.8) is 0 Å². The van der Waals surface area contributed by atoms with Crippen molar-refractivity contribution in [2.75, 3.05) is 11.3 Å². The number of nitrogen functional groups attached to an aromatic ring is 1. The van der Waals surface area contributed by atoms with Crippen molar-refractivity contribution < 1.29 is 23.4 Å². The van der Waals surface area contributed by atoms with Crippen LogP contribution in [-0.2, 0) is 6.18 Å². The van der Waals surface area contributed by atoms with Gasteiger partial charge in [-0.3, -0.25) is 5.84 Å². The Morgan fingerprint density at radius 3 is 2.39 bits per heavy atom. The summed E-state index contributed by atoms with van der Waals surface area (Å²) in [6.07, 6.45) is -7.23. The maximum atomic E-state index is 12.5. The number of rotatable bonds is 4. The fourth-order valence-electron chi connectivity index (χ4n) is 1.41. The number of hydrogen-bond donors (Lipinski definition) is 4. The molecule has 0 radical (unpaired) electrons. The van der Waals surface area contributed by atoms with Crippen LogP contribution in [0.1, 0.15) is 17.2 Å². The molecule has 2 unspecified atom stereocenters. The molecule has 0 saturated heterocycles. The Balaban J connectivity index is 3.15. The molecule has 4 nitrogen and oxygen atoms in total. The Labute approximate surface area is 106 Å². The van der Waals surface area contributed by atoms with Crippen molar-refractivity contribution in [1.29, 1.82) is 0 Å². The van der Waals surface area contributed by atoms with Gasteiger partial charge in [0, 0.05) is 5.56 Å². The summed E-state index contributed by atoms with van der Waals surface area (Å²) in [5.41, 5.74) is 1.06. The highest BCUT2D eigenvalue weighted by Crippen LogP contribution is 2.34.